The molecule has 1 N–H and O–H groups in total. The Labute approximate surface area is 191 Å². The van der Waals surface area contributed by atoms with Crippen LogP contribution in [0, 0.1) is 0 Å². The average molecular weight is 509 g/mol. The predicted molar refractivity (Wildman–Crippen MR) is 107 cm³/mol. The highest BCUT2D eigenvalue weighted by atomic mass is 35.6. The number of nitrogens with one attached hydrogen (secondary N) is 1. The van der Waals surface area contributed by atoms with E-state index < -0.39 is 62.5 Å². The van der Waals surface area contributed by atoms with E-state index in [1.54, 1.807) is 0 Å². The molecule has 0 aromatic carbocycles. The van der Waals surface area contributed by atoms with Gasteiger partial charge in [0.25, 0.3) is 9.70 Å². The summed E-state index contributed by atoms with van der Waals surface area (Å²) in [6.45, 7) is 4.19. The van der Waals surface area contributed by atoms with Crippen molar-refractivity contribution in [1.82, 2.24) is 5.32 Å². The van der Waals surface area contributed by atoms with Crippen molar-refractivity contribution in [3.8, 4) is 0 Å². The molecule has 0 bridgehead atoms. The summed E-state index contributed by atoms with van der Waals surface area (Å²) >= 11 is 17.4. The SMILES string of the molecule is CC(=O)OC[C@H]1O[C@@H](SC(C)=O)[C@H](NC(=O)C(Cl)(Cl)Cl)[C@@H](OC(C)=O)[C@@H]1OC(C)=O. The maximum Gasteiger partial charge on any atom is 0.303 e. The zero-order chi connectivity index (χ0) is 23.2. The van der Waals surface area contributed by atoms with Gasteiger partial charge in [0, 0.05) is 27.7 Å². The van der Waals surface area contributed by atoms with Crippen LogP contribution in [0.15, 0.2) is 0 Å². The van der Waals surface area contributed by atoms with Gasteiger partial charge in [-0.3, -0.25) is 24.0 Å². The van der Waals surface area contributed by atoms with Crippen molar-refractivity contribution >= 4 is 75.5 Å². The molecule has 0 spiro atoms. The third-order valence-corrected chi connectivity index (χ3v) is 5.02. The zero-order valence-corrected chi connectivity index (χ0v) is 19.4. The maximum absolute atomic E-state index is 12.2. The van der Waals surface area contributed by atoms with Crippen molar-refractivity contribution in [3.63, 3.8) is 0 Å². The molecule has 0 radical (unpaired) electrons. The van der Waals surface area contributed by atoms with Crippen LogP contribution in [0.3, 0.4) is 0 Å². The van der Waals surface area contributed by atoms with Gasteiger partial charge in [0.1, 0.15) is 24.2 Å². The largest absolute Gasteiger partial charge is 0.463 e. The van der Waals surface area contributed by atoms with Crippen LogP contribution in [0.4, 0.5) is 0 Å². The number of alkyl halides is 3. The second-order valence-electron chi connectivity index (χ2n) is 6.10. The first kappa shape index (κ1) is 26.8. The van der Waals surface area contributed by atoms with E-state index in [0.717, 1.165) is 20.8 Å². The van der Waals surface area contributed by atoms with Gasteiger partial charge in [-0.15, -0.1) is 0 Å². The van der Waals surface area contributed by atoms with E-state index in [1.165, 1.54) is 6.92 Å². The smallest absolute Gasteiger partial charge is 0.303 e. The van der Waals surface area contributed by atoms with Gasteiger partial charge in [-0.25, -0.2) is 0 Å². The summed E-state index contributed by atoms with van der Waals surface area (Å²) in [5.41, 5.74) is -1.16. The Morgan fingerprint density at radius 1 is 0.933 bits per heavy atom. The molecular formula is C16H20Cl3NO9S. The van der Waals surface area contributed by atoms with Crippen LogP contribution in [0.1, 0.15) is 27.7 Å². The van der Waals surface area contributed by atoms with Gasteiger partial charge < -0.3 is 24.3 Å². The number of amides is 1. The number of thioether (sulfide) groups is 1. The summed E-state index contributed by atoms with van der Waals surface area (Å²) in [6, 6.07) is -1.26. The Balaban J connectivity index is 3.39. The van der Waals surface area contributed by atoms with E-state index in [1.807, 2.05) is 0 Å². The Morgan fingerprint density at radius 3 is 1.90 bits per heavy atom. The van der Waals surface area contributed by atoms with Crippen LogP contribution in [0.2, 0.25) is 0 Å². The van der Waals surface area contributed by atoms with E-state index in [2.05, 4.69) is 5.32 Å². The fraction of sp³-hybridized carbons (Fsp3) is 0.688. The van der Waals surface area contributed by atoms with Gasteiger partial charge in [-0.1, -0.05) is 46.6 Å². The fourth-order valence-corrected chi connectivity index (χ4v) is 3.61. The molecule has 1 heterocycles. The lowest BCUT2D eigenvalue weighted by Gasteiger charge is -2.45. The highest BCUT2D eigenvalue weighted by Crippen LogP contribution is 2.34. The molecule has 0 unspecified atom stereocenters. The zero-order valence-electron chi connectivity index (χ0n) is 16.3. The van der Waals surface area contributed by atoms with Gasteiger partial charge in [0.2, 0.25) is 0 Å². The highest BCUT2D eigenvalue weighted by Gasteiger charge is 2.52. The summed E-state index contributed by atoms with van der Waals surface area (Å²) in [5, 5.41) is 1.94. The quantitative estimate of drug-likeness (QED) is 0.317. The molecule has 170 valence electrons. The minimum Gasteiger partial charge on any atom is -0.463 e. The van der Waals surface area contributed by atoms with Gasteiger partial charge in [-0.05, 0) is 0 Å². The van der Waals surface area contributed by atoms with Crippen LogP contribution < -0.4 is 5.32 Å². The molecule has 1 fully saturated rings. The monoisotopic (exact) mass is 507 g/mol. The van der Waals surface area contributed by atoms with E-state index in [0.29, 0.717) is 11.8 Å². The molecule has 1 amide bonds. The van der Waals surface area contributed by atoms with E-state index in [-0.39, 0.29) is 6.61 Å². The van der Waals surface area contributed by atoms with Crippen molar-refractivity contribution in [2.45, 2.75) is 61.3 Å². The number of carbonyl (C=O) groups is 5. The first-order valence-corrected chi connectivity index (χ1v) is 10.4. The molecule has 30 heavy (non-hydrogen) atoms. The summed E-state index contributed by atoms with van der Waals surface area (Å²) in [6.07, 6.45) is -3.79. The lowest BCUT2D eigenvalue weighted by Crippen LogP contribution is -2.66. The molecule has 1 saturated heterocycles. The van der Waals surface area contributed by atoms with Gasteiger partial charge in [0.05, 0.1) is 0 Å². The molecule has 0 aromatic heterocycles. The highest BCUT2D eigenvalue weighted by molar-refractivity contribution is 8.14. The molecular weight excluding hydrogens is 489 g/mol. The molecule has 1 aliphatic heterocycles. The number of hydrogen-bond donors (Lipinski definition) is 1. The molecule has 0 aliphatic carbocycles. The van der Waals surface area contributed by atoms with Crippen molar-refractivity contribution in [3.05, 3.63) is 0 Å². The Bertz CT molecular complexity index is 700. The summed E-state index contributed by atoms with van der Waals surface area (Å²) in [5.74, 6) is -3.29. The number of hydrogen-bond acceptors (Lipinski definition) is 10. The first-order chi connectivity index (χ1) is 13.7. The topological polar surface area (TPSA) is 134 Å². The number of esters is 3. The number of ether oxygens (including phenoxy) is 4. The molecule has 0 saturated carbocycles. The standard InChI is InChI=1S/C16H20Cl3NO9S/c1-6(21)26-5-10-12(27-7(2)22)13(28-8(3)23)11(14(29-10)30-9(4)24)20-15(25)16(17,18)19/h10-14H,5H2,1-4H3,(H,20,25)/t10-,11-,12-,13-,14+/m1/s1. The fourth-order valence-electron chi connectivity index (χ4n) is 2.55. The van der Waals surface area contributed by atoms with Crippen molar-refractivity contribution in [2.24, 2.45) is 0 Å². The number of carbonyl (C=O) groups excluding carboxylic acids is 5. The van der Waals surface area contributed by atoms with Gasteiger partial charge in [0.15, 0.2) is 17.3 Å². The lowest BCUT2D eigenvalue weighted by molar-refractivity contribution is -0.211. The van der Waals surface area contributed by atoms with Crippen LogP contribution in [-0.2, 0) is 42.9 Å². The van der Waals surface area contributed by atoms with Crippen molar-refractivity contribution in [2.75, 3.05) is 6.61 Å². The average Bonchev–Trinajstić information content (AvgIpc) is 2.56. The maximum atomic E-state index is 12.2. The minimum atomic E-state index is -2.38. The third-order valence-electron chi connectivity index (χ3n) is 3.54. The Hall–Kier alpha value is -1.27. The van der Waals surface area contributed by atoms with E-state index in [4.69, 9.17) is 53.8 Å². The van der Waals surface area contributed by atoms with Crippen LogP contribution in [0.25, 0.3) is 0 Å². The van der Waals surface area contributed by atoms with Gasteiger partial charge >= 0.3 is 17.9 Å². The Morgan fingerprint density at radius 2 is 1.47 bits per heavy atom. The summed E-state index contributed by atoms with van der Waals surface area (Å²) in [4.78, 5) is 58.5. The summed E-state index contributed by atoms with van der Waals surface area (Å²) < 4.78 is 18.8. The second kappa shape index (κ2) is 11.4. The lowest BCUT2D eigenvalue weighted by atomic mass is 9.97. The molecule has 1 rings (SSSR count). The van der Waals surface area contributed by atoms with Crippen LogP contribution >= 0.6 is 46.6 Å². The van der Waals surface area contributed by atoms with Crippen LogP contribution in [-0.4, -0.2) is 69.1 Å². The minimum absolute atomic E-state index is 0.384. The van der Waals surface area contributed by atoms with Crippen molar-refractivity contribution < 1.29 is 42.9 Å². The molecule has 5 atom stereocenters. The Kier molecular flexibility index (Phi) is 10.2. The molecule has 10 nitrogen and oxygen atoms in total. The molecule has 0 aromatic rings. The normalized spacial score (nSPS) is 26.3. The predicted octanol–water partition coefficient (Wildman–Crippen LogP) is 1.27. The van der Waals surface area contributed by atoms with E-state index in [9.17, 15) is 24.0 Å². The van der Waals surface area contributed by atoms with Gasteiger partial charge in [-0.2, -0.15) is 0 Å². The first-order valence-electron chi connectivity index (χ1n) is 8.40. The summed E-state index contributed by atoms with van der Waals surface area (Å²) in [7, 11) is 0. The van der Waals surface area contributed by atoms with Crippen molar-refractivity contribution in [1.29, 1.82) is 0 Å². The molecule has 14 heteroatoms. The third kappa shape index (κ3) is 8.46. The number of rotatable bonds is 6. The van der Waals surface area contributed by atoms with E-state index >= 15 is 0 Å². The second-order valence-corrected chi connectivity index (χ2v) is 9.66. The number of halogens is 3. The molecule has 1 aliphatic rings. The van der Waals surface area contributed by atoms with Crippen LogP contribution in [0.5, 0.6) is 0 Å².